The molecular formula is C24H31N3O3. The summed E-state index contributed by atoms with van der Waals surface area (Å²) in [5, 5.41) is 6.12. The van der Waals surface area contributed by atoms with Crippen LogP contribution < -0.4 is 10.6 Å². The molecule has 6 heteroatoms. The van der Waals surface area contributed by atoms with Gasteiger partial charge in [0.1, 0.15) is 0 Å². The third kappa shape index (κ3) is 3.30. The molecule has 160 valence electrons. The van der Waals surface area contributed by atoms with Crippen molar-refractivity contribution in [2.45, 2.75) is 57.9 Å². The standard InChI is InChI=1S/C24H31N3O3/c1-15(24-12-16-9-17(13-24)11-18(10-16)14-24)26-23(30)25-7-4-8-27-21(28)19-5-2-3-6-20(19)22(27)29/h2-3,5-6,15-18H,4,7-14H2,1H3,(H2,25,26,30). The molecular weight excluding hydrogens is 378 g/mol. The van der Waals surface area contributed by atoms with Crippen LogP contribution in [0.25, 0.3) is 0 Å². The molecule has 4 aliphatic carbocycles. The number of imide groups is 1. The molecule has 0 spiro atoms. The first kappa shape index (κ1) is 19.6. The summed E-state index contributed by atoms with van der Waals surface area (Å²) < 4.78 is 0. The number of nitrogens with zero attached hydrogens (tertiary/aromatic N) is 1. The van der Waals surface area contributed by atoms with Crippen LogP contribution in [0.5, 0.6) is 0 Å². The highest BCUT2D eigenvalue weighted by molar-refractivity contribution is 6.21. The van der Waals surface area contributed by atoms with Gasteiger partial charge in [-0.05, 0) is 87.2 Å². The maximum Gasteiger partial charge on any atom is 0.315 e. The van der Waals surface area contributed by atoms with Crippen molar-refractivity contribution in [2.24, 2.45) is 23.2 Å². The van der Waals surface area contributed by atoms with Crippen molar-refractivity contribution >= 4 is 17.8 Å². The number of carbonyl (C=O) groups excluding carboxylic acids is 3. The Morgan fingerprint density at radius 3 is 2.10 bits per heavy atom. The molecule has 1 unspecified atom stereocenters. The van der Waals surface area contributed by atoms with Gasteiger partial charge in [0, 0.05) is 19.1 Å². The maximum absolute atomic E-state index is 12.5. The van der Waals surface area contributed by atoms with E-state index in [1.165, 1.54) is 43.4 Å². The average Bonchev–Trinajstić information content (AvgIpc) is 2.95. The number of nitrogens with one attached hydrogen (secondary N) is 2. The van der Waals surface area contributed by atoms with E-state index in [0.717, 1.165) is 17.8 Å². The lowest BCUT2D eigenvalue weighted by Crippen LogP contribution is -2.57. The van der Waals surface area contributed by atoms with Gasteiger partial charge in [0.15, 0.2) is 0 Å². The Hall–Kier alpha value is -2.37. The van der Waals surface area contributed by atoms with Crippen molar-refractivity contribution in [1.29, 1.82) is 0 Å². The molecule has 0 saturated heterocycles. The molecule has 4 saturated carbocycles. The molecule has 1 aromatic rings. The second-order valence-corrected chi connectivity index (χ2v) is 10.1. The van der Waals surface area contributed by atoms with Crippen LogP contribution in [0.1, 0.15) is 72.6 Å². The summed E-state index contributed by atoms with van der Waals surface area (Å²) in [5.41, 5.74) is 1.22. The van der Waals surface area contributed by atoms with Crippen LogP contribution in [-0.4, -0.2) is 41.9 Å². The van der Waals surface area contributed by atoms with E-state index in [4.69, 9.17) is 0 Å². The second kappa shape index (κ2) is 7.40. The van der Waals surface area contributed by atoms with Gasteiger partial charge in [0.25, 0.3) is 11.8 Å². The third-order valence-corrected chi connectivity index (χ3v) is 8.07. The Balaban J connectivity index is 1.09. The van der Waals surface area contributed by atoms with Crippen LogP contribution in [-0.2, 0) is 0 Å². The Bertz CT molecular complexity index is 810. The van der Waals surface area contributed by atoms with E-state index < -0.39 is 0 Å². The largest absolute Gasteiger partial charge is 0.338 e. The summed E-state index contributed by atoms with van der Waals surface area (Å²) in [5.74, 6) is 2.11. The molecule has 1 aromatic carbocycles. The quantitative estimate of drug-likeness (QED) is 0.557. The van der Waals surface area contributed by atoms with Crippen LogP contribution >= 0.6 is 0 Å². The normalized spacial score (nSPS) is 32.3. The molecule has 30 heavy (non-hydrogen) atoms. The summed E-state index contributed by atoms with van der Waals surface area (Å²) in [6.45, 7) is 2.93. The molecule has 6 rings (SSSR count). The molecule has 5 aliphatic rings. The van der Waals surface area contributed by atoms with E-state index in [1.807, 2.05) is 0 Å². The van der Waals surface area contributed by atoms with Gasteiger partial charge in [0.05, 0.1) is 11.1 Å². The predicted octanol–water partition coefficient (Wildman–Crippen LogP) is 3.58. The Labute approximate surface area is 177 Å². The smallest absolute Gasteiger partial charge is 0.315 e. The lowest BCUT2D eigenvalue weighted by Gasteiger charge is -2.59. The number of rotatable bonds is 6. The van der Waals surface area contributed by atoms with Crippen LogP contribution in [0.3, 0.4) is 0 Å². The molecule has 2 N–H and O–H groups in total. The van der Waals surface area contributed by atoms with Gasteiger partial charge in [-0.2, -0.15) is 0 Å². The third-order valence-electron chi connectivity index (χ3n) is 8.07. The fourth-order valence-electron chi connectivity index (χ4n) is 6.99. The van der Waals surface area contributed by atoms with Crippen molar-refractivity contribution in [3.8, 4) is 0 Å². The Morgan fingerprint density at radius 1 is 1.03 bits per heavy atom. The molecule has 0 radical (unpaired) electrons. The van der Waals surface area contributed by atoms with Crippen LogP contribution in [0.2, 0.25) is 0 Å². The minimum Gasteiger partial charge on any atom is -0.338 e. The van der Waals surface area contributed by atoms with Crippen molar-refractivity contribution in [3.63, 3.8) is 0 Å². The fourth-order valence-corrected chi connectivity index (χ4v) is 6.99. The SMILES string of the molecule is CC(NC(=O)NCCCN1C(=O)c2ccccc2C1=O)C12CC3CC(CC(C3)C1)C2. The molecule has 1 atom stereocenters. The zero-order valence-electron chi connectivity index (χ0n) is 17.7. The van der Waals surface area contributed by atoms with E-state index in [1.54, 1.807) is 24.3 Å². The minimum atomic E-state index is -0.240. The number of urea groups is 1. The van der Waals surface area contributed by atoms with Gasteiger partial charge >= 0.3 is 6.03 Å². The highest BCUT2D eigenvalue weighted by Crippen LogP contribution is 2.61. The molecule has 1 aliphatic heterocycles. The lowest BCUT2D eigenvalue weighted by atomic mass is 9.48. The van der Waals surface area contributed by atoms with E-state index in [-0.39, 0.29) is 29.3 Å². The van der Waals surface area contributed by atoms with Crippen molar-refractivity contribution in [2.75, 3.05) is 13.1 Å². The monoisotopic (exact) mass is 409 g/mol. The molecule has 4 bridgehead atoms. The van der Waals surface area contributed by atoms with Gasteiger partial charge in [-0.15, -0.1) is 0 Å². The number of carbonyl (C=O) groups is 3. The topological polar surface area (TPSA) is 78.5 Å². The maximum atomic E-state index is 12.5. The van der Waals surface area contributed by atoms with Crippen LogP contribution in [0, 0.1) is 23.2 Å². The van der Waals surface area contributed by atoms with E-state index in [0.29, 0.717) is 30.6 Å². The zero-order valence-corrected chi connectivity index (χ0v) is 17.7. The van der Waals surface area contributed by atoms with E-state index in [9.17, 15) is 14.4 Å². The Kier molecular flexibility index (Phi) is 4.83. The zero-order chi connectivity index (χ0) is 20.9. The molecule has 6 nitrogen and oxygen atoms in total. The molecule has 1 heterocycles. The first-order valence-electron chi connectivity index (χ1n) is 11.4. The van der Waals surface area contributed by atoms with Gasteiger partial charge in [0.2, 0.25) is 0 Å². The van der Waals surface area contributed by atoms with Crippen LogP contribution in [0.15, 0.2) is 24.3 Å². The number of amides is 4. The molecule has 4 fully saturated rings. The number of hydrogen-bond donors (Lipinski definition) is 2. The summed E-state index contributed by atoms with van der Waals surface area (Å²) in [6.07, 6.45) is 8.53. The first-order chi connectivity index (χ1) is 14.4. The average molecular weight is 410 g/mol. The van der Waals surface area contributed by atoms with Crippen molar-refractivity contribution < 1.29 is 14.4 Å². The van der Waals surface area contributed by atoms with Crippen molar-refractivity contribution in [1.82, 2.24) is 15.5 Å². The van der Waals surface area contributed by atoms with Gasteiger partial charge in [-0.25, -0.2) is 4.79 Å². The molecule has 0 aromatic heterocycles. The van der Waals surface area contributed by atoms with E-state index >= 15 is 0 Å². The van der Waals surface area contributed by atoms with Gasteiger partial charge in [-0.3, -0.25) is 14.5 Å². The Morgan fingerprint density at radius 2 is 1.57 bits per heavy atom. The van der Waals surface area contributed by atoms with Gasteiger partial charge in [-0.1, -0.05) is 12.1 Å². The van der Waals surface area contributed by atoms with E-state index in [2.05, 4.69) is 17.6 Å². The lowest BCUT2D eigenvalue weighted by molar-refractivity contribution is -0.0682. The number of hydrogen-bond acceptors (Lipinski definition) is 3. The summed E-state index contributed by atoms with van der Waals surface area (Å²) >= 11 is 0. The first-order valence-corrected chi connectivity index (χ1v) is 11.4. The summed E-state index contributed by atoms with van der Waals surface area (Å²) in [4.78, 5) is 38.5. The number of benzene rings is 1. The highest BCUT2D eigenvalue weighted by atomic mass is 16.2. The van der Waals surface area contributed by atoms with Crippen LogP contribution in [0.4, 0.5) is 4.79 Å². The summed E-state index contributed by atoms with van der Waals surface area (Å²) in [7, 11) is 0. The van der Waals surface area contributed by atoms with Crippen molar-refractivity contribution in [3.05, 3.63) is 35.4 Å². The van der Waals surface area contributed by atoms with Gasteiger partial charge < -0.3 is 10.6 Å². The highest BCUT2D eigenvalue weighted by Gasteiger charge is 2.53. The summed E-state index contributed by atoms with van der Waals surface area (Å²) in [6, 6.07) is 6.96. The second-order valence-electron chi connectivity index (χ2n) is 10.1. The minimum absolute atomic E-state index is 0.138. The number of fused-ring (bicyclic) bond motifs is 1. The molecule has 4 amide bonds. The predicted molar refractivity (Wildman–Crippen MR) is 113 cm³/mol. The fraction of sp³-hybridized carbons (Fsp3) is 0.625.